The number of carbonyl (C=O) groups excluding carboxylic acids is 1. The van der Waals surface area contributed by atoms with Gasteiger partial charge in [0.15, 0.2) is 0 Å². The van der Waals surface area contributed by atoms with Crippen molar-refractivity contribution in [1.29, 1.82) is 0 Å². The molecule has 1 aromatic carbocycles. The Morgan fingerprint density at radius 3 is 2.24 bits per heavy atom. The summed E-state index contributed by atoms with van der Waals surface area (Å²) in [5, 5.41) is 2.70. The Morgan fingerprint density at radius 2 is 1.67 bits per heavy atom. The molecule has 1 saturated heterocycles. The number of amides is 1. The van der Waals surface area contributed by atoms with Crippen LogP contribution in [0.1, 0.15) is 28.7 Å². The second kappa shape index (κ2) is 5.77. The van der Waals surface area contributed by atoms with Crippen LogP contribution in [0.15, 0.2) is 11.0 Å². The minimum atomic E-state index is -3.65. The van der Waals surface area contributed by atoms with Gasteiger partial charge in [0.1, 0.15) is 0 Å². The number of sulfonamides is 1. The number of rotatable bonds is 2. The Morgan fingerprint density at radius 1 is 1.10 bits per heavy atom. The standard InChI is InChI=1S/C15H22N2O3S/c1-10-8-11(2)13(4)15(12(10)3)21(19,20)17-7-5-6-16-14(18)9-17/h8H,5-7,9H2,1-4H3,(H,16,18). The molecule has 0 aromatic heterocycles. The second-order valence-electron chi connectivity index (χ2n) is 5.63. The number of hydrogen-bond acceptors (Lipinski definition) is 3. The van der Waals surface area contributed by atoms with Gasteiger partial charge in [-0.05, 0) is 56.4 Å². The van der Waals surface area contributed by atoms with Crippen LogP contribution in [-0.4, -0.2) is 38.3 Å². The molecule has 1 heterocycles. The van der Waals surface area contributed by atoms with Crippen molar-refractivity contribution in [2.75, 3.05) is 19.6 Å². The van der Waals surface area contributed by atoms with E-state index in [1.807, 2.05) is 33.8 Å². The fourth-order valence-electron chi connectivity index (χ4n) is 2.68. The number of hydrogen-bond donors (Lipinski definition) is 1. The maximum Gasteiger partial charge on any atom is 0.244 e. The molecule has 0 saturated carbocycles. The quantitative estimate of drug-likeness (QED) is 0.898. The minimum absolute atomic E-state index is 0.103. The smallest absolute Gasteiger partial charge is 0.244 e. The topological polar surface area (TPSA) is 66.5 Å². The predicted octanol–water partition coefficient (Wildman–Crippen LogP) is 1.43. The van der Waals surface area contributed by atoms with E-state index < -0.39 is 10.0 Å². The van der Waals surface area contributed by atoms with E-state index >= 15 is 0 Å². The van der Waals surface area contributed by atoms with Gasteiger partial charge < -0.3 is 5.32 Å². The van der Waals surface area contributed by atoms with E-state index in [1.165, 1.54) is 4.31 Å². The van der Waals surface area contributed by atoms with Crippen molar-refractivity contribution in [2.24, 2.45) is 0 Å². The maximum atomic E-state index is 13.0. The van der Waals surface area contributed by atoms with E-state index in [4.69, 9.17) is 0 Å². The molecule has 21 heavy (non-hydrogen) atoms. The van der Waals surface area contributed by atoms with Crippen LogP contribution in [0.2, 0.25) is 0 Å². The van der Waals surface area contributed by atoms with Gasteiger partial charge in [-0.3, -0.25) is 4.79 Å². The van der Waals surface area contributed by atoms with Crippen molar-refractivity contribution in [3.8, 4) is 0 Å². The summed E-state index contributed by atoms with van der Waals surface area (Å²) in [5.41, 5.74) is 3.44. The first-order valence-corrected chi connectivity index (χ1v) is 8.53. The first-order chi connectivity index (χ1) is 9.75. The van der Waals surface area contributed by atoms with Gasteiger partial charge in [-0.15, -0.1) is 0 Å². The third-order valence-corrected chi connectivity index (χ3v) is 6.24. The molecule has 1 N–H and O–H groups in total. The molecule has 2 rings (SSSR count). The van der Waals surface area contributed by atoms with Crippen LogP contribution in [0, 0.1) is 27.7 Å². The third kappa shape index (κ3) is 2.96. The molecule has 1 aromatic rings. The fourth-order valence-corrected chi connectivity index (χ4v) is 4.69. The molecule has 0 bridgehead atoms. The van der Waals surface area contributed by atoms with Gasteiger partial charge in [-0.2, -0.15) is 4.31 Å². The molecule has 1 aliphatic heterocycles. The minimum Gasteiger partial charge on any atom is -0.355 e. The van der Waals surface area contributed by atoms with Gasteiger partial charge in [0, 0.05) is 13.1 Å². The van der Waals surface area contributed by atoms with Crippen molar-refractivity contribution >= 4 is 15.9 Å². The molecule has 5 nitrogen and oxygen atoms in total. The molecular formula is C15H22N2O3S. The first-order valence-electron chi connectivity index (χ1n) is 7.09. The lowest BCUT2D eigenvalue weighted by atomic mass is 10.0. The lowest BCUT2D eigenvalue weighted by molar-refractivity contribution is -0.120. The summed E-state index contributed by atoms with van der Waals surface area (Å²) in [5.74, 6) is -0.240. The highest BCUT2D eigenvalue weighted by Crippen LogP contribution is 2.28. The van der Waals surface area contributed by atoms with E-state index in [0.717, 1.165) is 22.3 Å². The molecule has 1 aliphatic rings. The van der Waals surface area contributed by atoms with Gasteiger partial charge in [0.2, 0.25) is 15.9 Å². The molecule has 6 heteroatoms. The Kier molecular flexibility index (Phi) is 4.39. The second-order valence-corrected chi connectivity index (χ2v) is 7.51. The first kappa shape index (κ1) is 16.0. The number of nitrogens with zero attached hydrogens (tertiary/aromatic N) is 1. The van der Waals surface area contributed by atoms with Crippen LogP contribution in [-0.2, 0) is 14.8 Å². The maximum absolute atomic E-state index is 13.0. The van der Waals surface area contributed by atoms with Crippen molar-refractivity contribution < 1.29 is 13.2 Å². The fraction of sp³-hybridized carbons (Fsp3) is 0.533. The average molecular weight is 310 g/mol. The lowest BCUT2D eigenvalue weighted by Crippen LogP contribution is -2.38. The monoisotopic (exact) mass is 310 g/mol. The summed E-state index contributed by atoms with van der Waals surface area (Å²) in [6.45, 7) is 8.27. The summed E-state index contributed by atoms with van der Waals surface area (Å²) in [6.07, 6.45) is 0.633. The SMILES string of the molecule is Cc1cc(C)c(C)c(S(=O)(=O)N2CCCNC(=O)C2)c1C. The molecule has 0 spiro atoms. The molecule has 116 valence electrons. The van der Waals surface area contributed by atoms with Gasteiger partial charge in [0.25, 0.3) is 0 Å². The van der Waals surface area contributed by atoms with Crippen LogP contribution in [0.25, 0.3) is 0 Å². The highest BCUT2D eigenvalue weighted by molar-refractivity contribution is 7.89. The summed E-state index contributed by atoms with van der Waals surface area (Å²) in [7, 11) is -3.65. The molecule has 1 fully saturated rings. The predicted molar refractivity (Wildman–Crippen MR) is 81.8 cm³/mol. The van der Waals surface area contributed by atoms with E-state index in [2.05, 4.69) is 5.32 Å². The summed E-state index contributed by atoms with van der Waals surface area (Å²) in [6, 6.07) is 2.00. The molecule has 0 radical (unpaired) electrons. The average Bonchev–Trinajstić information content (AvgIpc) is 2.61. The summed E-state index contributed by atoms with van der Waals surface area (Å²) < 4.78 is 27.3. The van der Waals surface area contributed by atoms with Crippen LogP contribution >= 0.6 is 0 Å². The Balaban J connectivity index is 2.56. The Labute approximate surface area is 126 Å². The third-order valence-electron chi connectivity index (χ3n) is 4.12. The molecule has 0 atom stereocenters. The molecule has 0 aliphatic carbocycles. The molecular weight excluding hydrogens is 288 g/mol. The van der Waals surface area contributed by atoms with Crippen LogP contribution < -0.4 is 5.32 Å². The van der Waals surface area contributed by atoms with Crippen molar-refractivity contribution in [2.45, 2.75) is 39.0 Å². The zero-order chi connectivity index (χ0) is 15.8. The van der Waals surface area contributed by atoms with Gasteiger partial charge >= 0.3 is 0 Å². The number of carbonyl (C=O) groups is 1. The number of benzene rings is 1. The van der Waals surface area contributed by atoms with Gasteiger partial charge in [-0.25, -0.2) is 8.42 Å². The molecule has 0 unspecified atom stereocenters. The molecule has 1 amide bonds. The van der Waals surface area contributed by atoms with Crippen molar-refractivity contribution in [3.63, 3.8) is 0 Å². The Hall–Kier alpha value is -1.40. The zero-order valence-corrected chi connectivity index (χ0v) is 13.8. The van der Waals surface area contributed by atoms with Crippen molar-refractivity contribution in [1.82, 2.24) is 9.62 Å². The highest BCUT2D eigenvalue weighted by atomic mass is 32.2. The zero-order valence-electron chi connectivity index (χ0n) is 13.0. The van der Waals surface area contributed by atoms with E-state index in [-0.39, 0.29) is 12.5 Å². The Bertz CT molecular complexity index is 654. The van der Waals surface area contributed by atoms with Crippen LogP contribution in [0.3, 0.4) is 0 Å². The summed E-state index contributed by atoms with van der Waals surface area (Å²) >= 11 is 0. The number of aryl methyl sites for hydroxylation is 2. The van der Waals surface area contributed by atoms with Gasteiger partial charge in [0.05, 0.1) is 11.4 Å². The van der Waals surface area contributed by atoms with Crippen molar-refractivity contribution in [3.05, 3.63) is 28.3 Å². The largest absolute Gasteiger partial charge is 0.355 e. The van der Waals surface area contributed by atoms with E-state index in [0.29, 0.717) is 24.4 Å². The van der Waals surface area contributed by atoms with E-state index in [1.54, 1.807) is 0 Å². The summed E-state index contributed by atoms with van der Waals surface area (Å²) in [4.78, 5) is 12.0. The van der Waals surface area contributed by atoms with Gasteiger partial charge in [-0.1, -0.05) is 6.07 Å². The lowest BCUT2D eigenvalue weighted by Gasteiger charge is -2.23. The normalized spacial score (nSPS) is 17.4. The van der Waals surface area contributed by atoms with Crippen LogP contribution in [0.5, 0.6) is 0 Å². The van der Waals surface area contributed by atoms with E-state index in [9.17, 15) is 13.2 Å². The van der Waals surface area contributed by atoms with Crippen LogP contribution in [0.4, 0.5) is 0 Å². The number of nitrogens with one attached hydrogen (secondary N) is 1. The highest BCUT2D eigenvalue weighted by Gasteiger charge is 2.31.